The molecule has 3 aliphatic rings. The molecular weight excluding hydrogens is 504 g/mol. The third-order valence-electron chi connectivity index (χ3n) is 7.91. The van der Waals surface area contributed by atoms with Crippen molar-refractivity contribution >= 4 is 22.7 Å². The smallest absolute Gasteiger partial charge is 0.335 e. The highest BCUT2D eigenvalue weighted by molar-refractivity contribution is 5.97. The first kappa shape index (κ1) is 26.0. The Labute approximate surface area is 233 Å². The van der Waals surface area contributed by atoms with Crippen LogP contribution in [0.15, 0.2) is 97.6 Å². The molecule has 0 spiro atoms. The lowest BCUT2D eigenvalue weighted by Crippen LogP contribution is -2.53. The van der Waals surface area contributed by atoms with E-state index < -0.39 is 17.5 Å². The van der Waals surface area contributed by atoms with Gasteiger partial charge in [-0.2, -0.15) is 0 Å². The van der Waals surface area contributed by atoms with Crippen LogP contribution in [0.5, 0.6) is 11.5 Å². The van der Waals surface area contributed by atoms with E-state index in [9.17, 15) is 9.59 Å². The van der Waals surface area contributed by atoms with Crippen LogP contribution in [0.25, 0.3) is 10.8 Å². The van der Waals surface area contributed by atoms with Gasteiger partial charge in [-0.3, -0.25) is 4.79 Å². The van der Waals surface area contributed by atoms with E-state index >= 15 is 0 Å². The van der Waals surface area contributed by atoms with Crippen molar-refractivity contribution in [3.63, 3.8) is 0 Å². The molecule has 0 radical (unpaired) electrons. The summed E-state index contributed by atoms with van der Waals surface area (Å²) in [5, 5.41) is 1.32. The topological polar surface area (TPSA) is 71.1 Å². The molecule has 0 heterocycles. The van der Waals surface area contributed by atoms with Crippen LogP contribution in [0, 0.1) is 5.92 Å². The summed E-state index contributed by atoms with van der Waals surface area (Å²) in [6.07, 6.45) is 1.68. The van der Waals surface area contributed by atoms with Gasteiger partial charge in [0.05, 0.1) is 19.1 Å². The average Bonchev–Trinajstić information content (AvgIpc) is 3.00. The van der Waals surface area contributed by atoms with Crippen LogP contribution in [0.1, 0.15) is 41.5 Å². The van der Waals surface area contributed by atoms with Gasteiger partial charge >= 0.3 is 11.9 Å². The summed E-state index contributed by atoms with van der Waals surface area (Å²) in [7, 11) is 0. The number of carbonyl (C=O) groups excluding carboxylic acids is 2. The van der Waals surface area contributed by atoms with Crippen LogP contribution in [-0.2, 0) is 24.7 Å². The summed E-state index contributed by atoms with van der Waals surface area (Å²) in [5.74, 6) is -0.689. The second-order valence-corrected chi connectivity index (χ2v) is 9.95. The fourth-order valence-corrected chi connectivity index (χ4v) is 6.30. The molecule has 4 aromatic rings. The van der Waals surface area contributed by atoms with Gasteiger partial charge in [0.2, 0.25) is 0 Å². The van der Waals surface area contributed by atoms with Crippen LogP contribution in [-0.4, -0.2) is 31.8 Å². The van der Waals surface area contributed by atoms with Crippen LogP contribution >= 0.6 is 0 Å². The van der Waals surface area contributed by atoms with E-state index in [4.69, 9.17) is 18.9 Å². The van der Waals surface area contributed by atoms with E-state index in [1.54, 1.807) is 12.1 Å². The Bertz CT molecular complexity index is 1560. The van der Waals surface area contributed by atoms with Gasteiger partial charge in [-0.1, -0.05) is 79.4 Å². The molecule has 0 saturated heterocycles. The van der Waals surface area contributed by atoms with E-state index in [1.165, 1.54) is 11.1 Å². The van der Waals surface area contributed by atoms with Crippen LogP contribution in [0.3, 0.4) is 0 Å². The standard InChI is InChI=1S/C34H30O6/c1-3-32(35)39-30-17-18-31(25-14-6-5-13-24(25)30)40-33(36)29-21-26-22-11-7-9-15-27(22)34(29,38-20-19-37-4-2)28-16-10-8-12-23(26)28/h3,5-18,26,29H,1,4,19-21H2,2H3. The Morgan fingerprint density at radius 1 is 0.825 bits per heavy atom. The number of rotatable bonds is 9. The van der Waals surface area contributed by atoms with Crippen molar-refractivity contribution in [3.8, 4) is 11.5 Å². The molecule has 3 aliphatic carbocycles. The SMILES string of the molecule is C=CC(=O)Oc1ccc(OC(=O)C2CC3c4ccccc4C2(OCCOCC)c2ccccc23)c2ccccc12. The van der Waals surface area contributed by atoms with Gasteiger partial charge in [0.15, 0.2) is 0 Å². The third kappa shape index (κ3) is 4.21. The Kier molecular flexibility index (Phi) is 6.96. The van der Waals surface area contributed by atoms with Gasteiger partial charge in [0.1, 0.15) is 17.1 Å². The molecule has 40 heavy (non-hydrogen) atoms. The van der Waals surface area contributed by atoms with Crippen LogP contribution in [0.2, 0.25) is 0 Å². The van der Waals surface area contributed by atoms with Crippen LogP contribution < -0.4 is 9.47 Å². The van der Waals surface area contributed by atoms with E-state index in [-0.39, 0.29) is 11.9 Å². The van der Waals surface area contributed by atoms with Crippen molar-refractivity contribution in [2.75, 3.05) is 19.8 Å². The first-order valence-corrected chi connectivity index (χ1v) is 13.6. The molecule has 7 rings (SSSR count). The summed E-state index contributed by atoms with van der Waals surface area (Å²) in [6, 6.07) is 27.1. The largest absolute Gasteiger partial charge is 0.426 e. The van der Waals surface area contributed by atoms with Gasteiger partial charge in [0.25, 0.3) is 0 Å². The van der Waals surface area contributed by atoms with Crippen molar-refractivity contribution in [2.24, 2.45) is 5.92 Å². The Morgan fingerprint density at radius 2 is 1.40 bits per heavy atom. The number of carbonyl (C=O) groups is 2. The summed E-state index contributed by atoms with van der Waals surface area (Å²) in [5.41, 5.74) is 3.35. The maximum absolute atomic E-state index is 14.2. The van der Waals surface area contributed by atoms with Gasteiger partial charge < -0.3 is 18.9 Å². The molecule has 6 heteroatoms. The minimum absolute atomic E-state index is 0.0553. The van der Waals surface area contributed by atoms with E-state index in [1.807, 2.05) is 55.5 Å². The molecule has 4 aromatic carbocycles. The predicted octanol–water partition coefficient (Wildman–Crippen LogP) is 6.30. The monoisotopic (exact) mass is 534 g/mol. The molecule has 0 saturated carbocycles. The number of ether oxygens (including phenoxy) is 4. The third-order valence-corrected chi connectivity index (χ3v) is 7.91. The second kappa shape index (κ2) is 10.7. The van der Waals surface area contributed by atoms with E-state index in [2.05, 4.69) is 30.8 Å². The molecule has 0 amide bonds. The van der Waals surface area contributed by atoms with Crippen molar-refractivity contribution in [2.45, 2.75) is 24.9 Å². The minimum atomic E-state index is -1.01. The number of fused-ring (bicyclic) bond motifs is 2. The van der Waals surface area contributed by atoms with Gasteiger partial charge in [-0.05, 0) is 47.7 Å². The molecule has 1 atom stereocenters. The highest BCUT2D eigenvalue weighted by Gasteiger charge is 2.58. The normalized spacial score (nSPS) is 20.4. The van der Waals surface area contributed by atoms with Gasteiger partial charge in [-0.25, -0.2) is 4.79 Å². The summed E-state index contributed by atoms with van der Waals surface area (Å²) < 4.78 is 24.0. The molecular formula is C34H30O6. The zero-order valence-electron chi connectivity index (χ0n) is 22.3. The minimum Gasteiger partial charge on any atom is -0.426 e. The quantitative estimate of drug-likeness (QED) is 0.109. The first-order chi connectivity index (χ1) is 19.6. The van der Waals surface area contributed by atoms with Gasteiger partial charge in [0, 0.05) is 29.4 Å². The lowest BCUT2D eigenvalue weighted by molar-refractivity contribution is -0.158. The Balaban J connectivity index is 1.42. The molecule has 0 aromatic heterocycles. The molecule has 202 valence electrons. The lowest BCUT2D eigenvalue weighted by atomic mass is 9.56. The van der Waals surface area contributed by atoms with Crippen molar-refractivity contribution < 1.29 is 28.5 Å². The fraction of sp³-hybridized carbons (Fsp3) is 0.235. The molecule has 6 nitrogen and oxygen atoms in total. The first-order valence-electron chi connectivity index (χ1n) is 13.6. The van der Waals surface area contributed by atoms with Crippen molar-refractivity contribution in [1.29, 1.82) is 0 Å². The van der Waals surface area contributed by atoms with Crippen molar-refractivity contribution in [3.05, 3.63) is 120 Å². The Hall–Kier alpha value is -4.26. The van der Waals surface area contributed by atoms with Gasteiger partial charge in [-0.15, -0.1) is 0 Å². The highest BCUT2D eigenvalue weighted by atomic mass is 16.6. The maximum Gasteiger partial charge on any atom is 0.335 e. The van der Waals surface area contributed by atoms with Crippen LogP contribution in [0.4, 0.5) is 0 Å². The summed E-state index contributed by atoms with van der Waals surface area (Å²) in [4.78, 5) is 26.1. The molecule has 0 aliphatic heterocycles. The maximum atomic E-state index is 14.2. The molecule has 1 unspecified atom stereocenters. The second-order valence-electron chi connectivity index (χ2n) is 9.95. The molecule has 2 bridgehead atoms. The molecule has 0 N–H and O–H groups in total. The van der Waals surface area contributed by atoms with E-state index in [0.717, 1.165) is 17.2 Å². The number of esters is 2. The summed E-state index contributed by atoms with van der Waals surface area (Å²) >= 11 is 0. The Morgan fingerprint density at radius 3 is 2.00 bits per heavy atom. The van der Waals surface area contributed by atoms with E-state index in [0.29, 0.717) is 48.5 Å². The zero-order chi connectivity index (χ0) is 27.7. The lowest BCUT2D eigenvalue weighted by Gasteiger charge is -2.52. The highest BCUT2D eigenvalue weighted by Crippen LogP contribution is 2.59. The fourth-order valence-electron chi connectivity index (χ4n) is 6.30. The number of benzene rings is 4. The number of hydrogen-bond donors (Lipinski definition) is 0. The molecule has 0 fully saturated rings. The average molecular weight is 535 g/mol. The predicted molar refractivity (Wildman–Crippen MR) is 151 cm³/mol. The number of hydrogen-bond acceptors (Lipinski definition) is 6. The summed E-state index contributed by atoms with van der Waals surface area (Å²) in [6.45, 7) is 6.75. The van der Waals surface area contributed by atoms with Crippen molar-refractivity contribution in [1.82, 2.24) is 0 Å². The zero-order valence-corrected chi connectivity index (χ0v) is 22.3.